The lowest BCUT2D eigenvalue weighted by Crippen LogP contribution is -2.30. The molecule has 0 spiro atoms. The number of carbonyl (C=O) groups is 1. The van der Waals surface area contributed by atoms with Gasteiger partial charge in [-0.1, -0.05) is 6.92 Å². The van der Waals surface area contributed by atoms with Crippen LogP contribution >= 0.6 is 0 Å². The average Bonchev–Trinajstić information content (AvgIpc) is 3.44. The number of hydrogen-bond donors (Lipinski definition) is 2. The number of carboxylic acid groups (broad SMARTS) is 1. The van der Waals surface area contributed by atoms with Gasteiger partial charge in [0, 0.05) is 36.8 Å². The summed E-state index contributed by atoms with van der Waals surface area (Å²) in [5.41, 5.74) is 0.648. The predicted octanol–water partition coefficient (Wildman–Crippen LogP) is 0.962. The molecule has 0 unspecified atom stereocenters. The Morgan fingerprint density at radius 2 is 2.00 bits per heavy atom. The summed E-state index contributed by atoms with van der Waals surface area (Å²) in [6.45, 7) is 2.41. The van der Waals surface area contributed by atoms with Crippen molar-refractivity contribution in [1.82, 2.24) is 19.1 Å². The van der Waals surface area contributed by atoms with Crippen molar-refractivity contribution in [1.29, 1.82) is 0 Å². The van der Waals surface area contributed by atoms with Crippen LogP contribution in [0.15, 0.2) is 40.2 Å². The highest BCUT2D eigenvalue weighted by Gasteiger charge is 2.39. The van der Waals surface area contributed by atoms with E-state index in [0.29, 0.717) is 28.1 Å². The molecule has 4 heterocycles. The maximum absolute atomic E-state index is 13.1. The number of aromatic amines is 1. The molecule has 2 aliphatic heterocycles. The molecule has 1 aromatic carbocycles. The van der Waals surface area contributed by atoms with Crippen molar-refractivity contribution >= 4 is 26.9 Å². The molecule has 0 saturated carbocycles. The summed E-state index contributed by atoms with van der Waals surface area (Å²) in [6.07, 6.45) is 0.911. The monoisotopic (exact) mass is 460 g/mol. The zero-order valence-electron chi connectivity index (χ0n) is 17.0. The zero-order chi connectivity index (χ0) is 22.6. The summed E-state index contributed by atoms with van der Waals surface area (Å²) in [6, 6.07) is 5.60. The third kappa shape index (κ3) is 3.31. The Hall–Kier alpha value is -3.38. The van der Waals surface area contributed by atoms with Crippen molar-refractivity contribution < 1.29 is 27.8 Å². The molecular weight excluding hydrogens is 440 g/mol. The molecule has 2 atom stereocenters. The number of benzene rings is 1. The minimum Gasteiger partial charge on any atom is -0.481 e. The number of sulfonamides is 1. The van der Waals surface area contributed by atoms with Crippen LogP contribution in [0.3, 0.4) is 0 Å². The van der Waals surface area contributed by atoms with Crippen LogP contribution in [-0.4, -0.2) is 58.4 Å². The van der Waals surface area contributed by atoms with E-state index in [0.717, 1.165) is 0 Å². The van der Waals surface area contributed by atoms with Crippen LogP contribution < -0.4 is 15.0 Å². The summed E-state index contributed by atoms with van der Waals surface area (Å²) in [4.78, 5) is 25.1. The maximum atomic E-state index is 13.1. The van der Waals surface area contributed by atoms with Crippen molar-refractivity contribution in [2.24, 2.45) is 5.92 Å². The lowest BCUT2D eigenvalue weighted by molar-refractivity contribution is -0.136. The largest absolute Gasteiger partial charge is 0.481 e. The van der Waals surface area contributed by atoms with E-state index in [2.05, 4.69) is 10.1 Å². The molecule has 1 saturated heterocycles. The fraction of sp³-hybridized carbons (Fsp3) is 0.350. The Bertz CT molecular complexity index is 1370. The lowest BCUT2D eigenvalue weighted by atomic mass is 10.1. The first-order valence-corrected chi connectivity index (χ1v) is 11.4. The van der Waals surface area contributed by atoms with Crippen LogP contribution in [0.5, 0.6) is 11.5 Å². The molecule has 5 rings (SSSR count). The van der Waals surface area contributed by atoms with Gasteiger partial charge in [0.1, 0.15) is 0 Å². The molecule has 11 nitrogen and oxygen atoms in total. The van der Waals surface area contributed by atoms with Gasteiger partial charge < -0.3 is 19.6 Å². The van der Waals surface area contributed by atoms with E-state index < -0.39 is 16.0 Å². The van der Waals surface area contributed by atoms with Gasteiger partial charge in [0.2, 0.25) is 22.4 Å². The highest BCUT2D eigenvalue weighted by molar-refractivity contribution is 7.89. The highest BCUT2D eigenvalue weighted by Crippen LogP contribution is 2.40. The van der Waals surface area contributed by atoms with Gasteiger partial charge in [0.05, 0.1) is 28.6 Å². The number of hydrogen-bond acceptors (Lipinski definition) is 7. The van der Waals surface area contributed by atoms with Crippen LogP contribution in [0.2, 0.25) is 0 Å². The van der Waals surface area contributed by atoms with Gasteiger partial charge in [0.25, 0.3) is 0 Å². The van der Waals surface area contributed by atoms with Crippen LogP contribution in [-0.2, 0) is 21.2 Å². The number of nitrogens with one attached hydrogen (secondary N) is 1. The van der Waals surface area contributed by atoms with Gasteiger partial charge in [-0.15, -0.1) is 0 Å². The standard InChI is InChI=1S/C20H20N4O7S/c1-11-8-23(32(28,29)12-2-3-19(25)21-7-12)9-16(11)24-15-6-18-17(30-10-31-18)4-13(15)14(22-24)5-20(26)27/h2-4,6-7,11,16H,5,8-10H2,1H3,(H,21,25)(H,26,27)/t11-,16+/m1/s1. The molecule has 3 aromatic rings. The van der Waals surface area contributed by atoms with Crippen molar-refractivity contribution in [3.05, 3.63) is 46.5 Å². The van der Waals surface area contributed by atoms with E-state index in [1.165, 1.54) is 22.6 Å². The minimum absolute atomic E-state index is 0.00482. The number of aliphatic carboxylic acids is 1. The summed E-state index contributed by atoms with van der Waals surface area (Å²) in [7, 11) is -3.82. The van der Waals surface area contributed by atoms with Crippen LogP contribution in [0, 0.1) is 5.92 Å². The van der Waals surface area contributed by atoms with E-state index in [9.17, 15) is 23.1 Å². The Labute approximate surface area is 182 Å². The first-order valence-electron chi connectivity index (χ1n) is 9.95. The molecule has 32 heavy (non-hydrogen) atoms. The van der Waals surface area contributed by atoms with E-state index in [1.54, 1.807) is 16.8 Å². The summed E-state index contributed by atoms with van der Waals surface area (Å²) >= 11 is 0. The van der Waals surface area contributed by atoms with Crippen molar-refractivity contribution in [3.8, 4) is 11.5 Å². The van der Waals surface area contributed by atoms with Crippen LogP contribution in [0.25, 0.3) is 10.9 Å². The number of carboxylic acids is 1. The highest BCUT2D eigenvalue weighted by atomic mass is 32.2. The van der Waals surface area contributed by atoms with Crippen molar-refractivity contribution in [3.63, 3.8) is 0 Å². The zero-order valence-corrected chi connectivity index (χ0v) is 17.8. The SMILES string of the molecule is C[C@@H]1CN(S(=O)(=O)c2ccc(=O)[nH]c2)C[C@@H]1n1nc(CC(=O)O)c2cc3c(cc21)OCO3. The fourth-order valence-corrected chi connectivity index (χ4v) is 5.77. The normalized spacial score (nSPS) is 20.8. The third-order valence-corrected chi connectivity index (χ3v) is 7.67. The van der Waals surface area contributed by atoms with Gasteiger partial charge in [0.15, 0.2) is 11.5 Å². The number of pyridine rings is 1. The molecule has 0 bridgehead atoms. The smallest absolute Gasteiger partial charge is 0.309 e. The van der Waals surface area contributed by atoms with Gasteiger partial charge in [-0.3, -0.25) is 14.3 Å². The number of aromatic nitrogens is 3. The Balaban J connectivity index is 1.54. The number of rotatable bonds is 5. The van der Waals surface area contributed by atoms with E-state index in [-0.39, 0.29) is 48.7 Å². The quantitative estimate of drug-likeness (QED) is 0.573. The molecular formula is C20H20N4O7S. The Morgan fingerprint density at radius 3 is 2.69 bits per heavy atom. The predicted molar refractivity (Wildman–Crippen MR) is 111 cm³/mol. The molecule has 2 aliphatic rings. The average molecular weight is 460 g/mol. The maximum Gasteiger partial charge on any atom is 0.309 e. The van der Waals surface area contributed by atoms with Crippen molar-refractivity contribution in [2.75, 3.05) is 19.9 Å². The number of H-pyrrole nitrogens is 1. The minimum atomic E-state index is -3.82. The van der Waals surface area contributed by atoms with Gasteiger partial charge in [-0.2, -0.15) is 9.40 Å². The van der Waals surface area contributed by atoms with Crippen molar-refractivity contribution in [2.45, 2.75) is 24.3 Å². The molecule has 1 fully saturated rings. The first-order chi connectivity index (χ1) is 15.2. The Morgan fingerprint density at radius 1 is 1.25 bits per heavy atom. The molecule has 12 heteroatoms. The lowest BCUT2D eigenvalue weighted by Gasteiger charge is -2.17. The van der Waals surface area contributed by atoms with Gasteiger partial charge in [-0.25, -0.2) is 8.42 Å². The fourth-order valence-electron chi connectivity index (χ4n) is 4.24. The van der Waals surface area contributed by atoms with Gasteiger partial charge in [-0.05, 0) is 18.1 Å². The summed E-state index contributed by atoms with van der Waals surface area (Å²) in [5.74, 6) is -0.0657. The summed E-state index contributed by atoms with van der Waals surface area (Å²) in [5, 5.41) is 14.5. The van der Waals surface area contributed by atoms with Crippen LogP contribution in [0.1, 0.15) is 18.7 Å². The molecule has 0 aliphatic carbocycles. The first kappa shape index (κ1) is 20.5. The second-order valence-corrected chi connectivity index (χ2v) is 9.88. The second kappa shape index (κ2) is 7.35. The third-order valence-electron chi connectivity index (χ3n) is 5.84. The molecule has 168 valence electrons. The molecule has 2 aromatic heterocycles. The number of fused-ring (bicyclic) bond motifs is 2. The van der Waals surface area contributed by atoms with Crippen LogP contribution in [0.4, 0.5) is 0 Å². The number of nitrogens with zero attached hydrogens (tertiary/aromatic N) is 3. The summed E-state index contributed by atoms with van der Waals surface area (Å²) < 4.78 is 40.1. The van der Waals surface area contributed by atoms with Gasteiger partial charge >= 0.3 is 5.97 Å². The second-order valence-electron chi connectivity index (χ2n) is 7.94. The number of ether oxygens (including phenoxy) is 2. The van der Waals surface area contributed by atoms with E-state index in [4.69, 9.17) is 9.47 Å². The topological polar surface area (TPSA) is 144 Å². The Kier molecular flexibility index (Phi) is 4.71. The van der Waals surface area contributed by atoms with E-state index >= 15 is 0 Å². The molecule has 0 amide bonds. The molecule has 2 N–H and O–H groups in total. The molecule has 0 radical (unpaired) electrons. The van der Waals surface area contributed by atoms with E-state index in [1.807, 2.05) is 6.92 Å².